The van der Waals surface area contributed by atoms with E-state index >= 15 is 0 Å². The molecule has 1 N–H and O–H groups in total. The van der Waals surface area contributed by atoms with Gasteiger partial charge >= 0.3 is 0 Å². The molecule has 6 heteroatoms. The Morgan fingerprint density at radius 2 is 2.08 bits per heavy atom. The van der Waals surface area contributed by atoms with Crippen LogP contribution in [0.3, 0.4) is 0 Å². The smallest absolute Gasteiger partial charge is 0.278 e. The molecule has 24 heavy (non-hydrogen) atoms. The van der Waals surface area contributed by atoms with E-state index in [9.17, 15) is 4.79 Å². The maximum atomic E-state index is 12.5. The Labute approximate surface area is 146 Å². The first-order chi connectivity index (χ1) is 11.7. The molecule has 0 atom stereocenters. The molecule has 2 aromatic rings. The Kier molecular flexibility index (Phi) is 5.35. The van der Waals surface area contributed by atoms with Crippen LogP contribution in [-0.4, -0.2) is 18.0 Å². The highest BCUT2D eigenvalue weighted by atomic mass is 32.1. The number of carbonyl (C=O) groups excluding carboxylic acids is 1. The molecule has 3 rings (SSSR count). The number of anilines is 1. The first kappa shape index (κ1) is 16.8. The predicted octanol–water partition coefficient (Wildman–Crippen LogP) is 4.77. The minimum Gasteiger partial charge on any atom is -0.494 e. The summed E-state index contributed by atoms with van der Waals surface area (Å²) in [5, 5.41) is 5.47. The van der Waals surface area contributed by atoms with Gasteiger partial charge in [-0.25, -0.2) is 4.98 Å². The molecule has 0 saturated heterocycles. The lowest BCUT2D eigenvalue weighted by molar-refractivity contribution is -0.120. The standard InChI is InChI=1S/C18H22N2O3S/c1-12-15(23-18-19-10-11-24-18)9-8-14(16(12)22-2)20-17(21)13-6-4-3-5-7-13/h8-11,13H,3-7H2,1-2H3,(H,20,21). The van der Waals surface area contributed by atoms with E-state index in [1.54, 1.807) is 13.3 Å². The molecule has 1 amide bonds. The van der Waals surface area contributed by atoms with Gasteiger partial charge in [-0.3, -0.25) is 4.79 Å². The number of carbonyl (C=O) groups is 1. The van der Waals surface area contributed by atoms with Crippen LogP contribution in [0.2, 0.25) is 0 Å². The molecule has 0 spiro atoms. The Bertz CT molecular complexity index is 695. The number of thiazole rings is 1. The Balaban J connectivity index is 1.78. The number of amides is 1. The summed E-state index contributed by atoms with van der Waals surface area (Å²) >= 11 is 1.43. The molecule has 0 radical (unpaired) electrons. The molecule has 0 aliphatic heterocycles. The number of hydrogen-bond acceptors (Lipinski definition) is 5. The molecular formula is C18H22N2O3S. The fraction of sp³-hybridized carbons (Fsp3) is 0.444. The average molecular weight is 346 g/mol. The van der Waals surface area contributed by atoms with Crippen molar-refractivity contribution in [2.45, 2.75) is 39.0 Å². The van der Waals surface area contributed by atoms with Gasteiger partial charge in [0.05, 0.1) is 12.8 Å². The van der Waals surface area contributed by atoms with E-state index in [0.717, 1.165) is 31.2 Å². The molecule has 0 bridgehead atoms. The first-order valence-electron chi connectivity index (χ1n) is 8.25. The van der Waals surface area contributed by atoms with E-state index in [1.165, 1.54) is 17.8 Å². The van der Waals surface area contributed by atoms with Crippen LogP contribution in [0.15, 0.2) is 23.7 Å². The fourth-order valence-corrected chi connectivity index (χ4v) is 3.60. The SMILES string of the molecule is COc1c(NC(=O)C2CCCCC2)ccc(Oc2nccs2)c1C. The minimum atomic E-state index is 0.0843. The van der Waals surface area contributed by atoms with Crippen molar-refractivity contribution < 1.29 is 14.3 Å². The summed E-state index contributed by atoms with van der Waals surface area (Å²) in [4.78, 5) is 16.6. The van der Waals surface area contributed by atoms with Crippen LogP contribution in [0.5, 0.6) is 16.7 Å². The second-order valence-electron chi connectivity index (χ2n) is 5.99. The predicted molar refractivity (Wildman–Crippen MR) is 95.1 cm³/mol. The highest BCUT2D eigenvalue weighted by Crippen LogP contribution is 2.38. The summed E-state index contributed by atoms with van der Waals surface area (Å²) in [6.45, 7) is 1.91. The molecule has 1 saturated carbocycles. The molecule has 1 aromatic carbocycles. The van der Waals surface area contributed by atoms with Crippen LogP contribution in [0.25, 0.3) is 0 Å². The van der Waals surface area contributed by atoms with Gasteiger partial charge in [0, 0.05) is 23.1 Å². The van der Waals surface area contributed by atoms with Crippen molar-refractivity contribution in [3.63, 3.8) is 0 Å². The average Bonchev–Trinajstić information content (AvgIpc) is 3.11. The molecular weight excluding hydrogens is 324 g/mol. The zero-order valence-corrected chi connectivity index (χ0v) is 14.8. The summed E-state index contributed by atoms with van der Waals surface area (Å²) < 4.78 is 11.3. The van der Waals surface area contributed by atoms with E-state index in [-0.39, 0.29) is 11.8 Å². The number of ether oxygens (including phenoxy) is 2. The van der Waals surface area contributed by atoms with Crippen molar-refractivity contribution >= 4 is 22.9 Å². The van der Waals surface area contributed by atoms with Crippen LogP contribution in [0, 0.1) is 12.8 Å². The van der Waals surface area contributed by atoms with Crippen LogP contribution >= 0.6 is 11.3 Å². The lowest BCUT2D eigenvalue weighted by Gasteiger charge is -2.22. The third kappa shape index (κ3) is 3.70. The van der Waals surface area contributed by atoms with Gasteiger partial charge in [0.2, 0.25) is 5.91 Å². The van der Waals surface area contributed by atoms with Crippen molar-refractivity contribution in [2.24, 2.45) is 5.92 Å². The van der Waals surface area contributed by atoms with Gasteiger partial charge in [0.1, 0.15) is 11.5 Å². The van der Waals surface area contributed by atoms with Crippen LogP contribution in [0.1, 0.15) is 37.7 Å². The van der Waals surface area contributed by atoms with E-state index in [2.05, 4.69) is 10.3 Å². The Morgan fingerprint density at radius 1 is 1.29 bits per heavy atom. The number of rotatable bonds is 5. The van der Waals surface area contributed by atoms with Crippen molar-refractivity contribution in [3.8, 4) is 16.7 Å². The van der Waals surface area contributed by atoms with Crippen LogP contribution < -0.4 is 14.8 Å². The molecule has 5 nitrogen and oxygen atoms in total. The third-order valence-corrected chi connectivity index (χ3v) is 5.05. The van der Waals surface area contributed by atoms with Crippen molar-refractivity contribution in [2.75, 3.05) is 12.4 Å². The van der Waals surface area contributed by atoms with Gasteiger partial charge < -0.3 is 14.8 Å². The van der Waals surface area contributed by atoms with Crippen molar-refractivity contribution in [3.05, 3.63) is 29.3 Å². The lowest BCUT2D eigenvalue weighted by atomic mass is 9.88. The Hall–Kier alpha value is -2.08. The number of hydrogen-bond donors (Lipinski definition) is 1. The van der Waals surface area contributed by atoms with Gasteiger partial charge in [-0.1, -0.05) is 30.6 Å². The van der Waals surface area contributed by atoms with E-state index in [4.69, 9.17) is 9.47 Å². The number of methoxy groups -OCH3 is 1. The monoisotopic (exact) mass is 346 g/mol. The maximum absolute atomic E-state index is 12.5. The lowest BCUT2D eigenvalue weighted by Crippen LogP contribution is -2.25. The van der Waals surface area contributed by atoms with Crippen LogP contribution in [0.4, 0.5) is 5.69 Å². The zero-order valence-electron chi connectivity index (χ0n) is 14.0. The van der Waals surface area contributed by atoms with Gasteiger partial charge in [-0.2, -0.15) is 0 Å². The van der Waals surface area contributed by atoms with Gasteiger partial charge in [0.15, 0.2) is 0 Å². The number of aromatic nitrogens is 1. The summed E-state index contributed by atoms with van der Waals surface area (Å²) in [5.74, 6) is 1.50. The summed E-state index contributed by atoms with van der Waals surface area (Å²) in [7, 11) is 1.60. The zero-order chi connectivity index (χ0) is 16.9. The normalized spacial score (nSPS) is 15.1. The number of nitrogens with zero attached hydrogens (tertiary/aromatic N) is 1. The second-order valence-corrected chi connectivity index (χ2v) is 6.85. The van der Waals surface area contributed by atoms with Gasteiger partial charge in [-0.15, -0.1) is 0 Å². The van der Waals surface area contributed by atoms with Gasteiger partial charge in [0.25, 0.3) is 5.19 Å². The summed E-state index contributed by atoms with van der Waals surface area (Å²) in [6.07, 6.45) is 7.14. The highest BCUT2D eigenvalue weighted by molar-refractivity contribution is 7.11. The van der Waals surface area contributed by atoms with Gasteiger partial charge in [-0.05, 0) is 31.9 Å². The topological polar surface area (TPSA) is 60.5 Å². The molecule has 128 valence electrons. The van der Waals surface area contributed by atoms with E-state index in [0.29, 0.717) is 22.4 Å². The molecule has 1 fully saturated rings. The summed E-state index contributed by atoms with van der Waals surface area (Å²) in [5.41, 5.74) is 1.53. The number of nitrogens with one attached hydrogen (secondary N) is 1. The second kappa shape index (κ2) is 7.66. The van der Waals surface area contributed by atoms with E-state index in [1.807, 2.05) is 24.4 Å². The quantitative estimate of drug-likeness (QED) is 0.847. The highest BCUT2D eigenvalue weighted by Gasteiger charge is 2.23. The first-order valence-corrected chi connectivity index (χ1v) is 9.13. The van der Waals surface area contributed by atoms with Crippen molar-refractivity contribution in [1.29, 1.82) is 0 Å². The van der Waals surface area contributed by atoms with Crippen LogP contribution in [-0.2, 0) is 4.79 Å². The fourth-order valence-electron chi connectivity index (χ4n) is 3.10. The third-order valence-electron chi connectivity index (χ3n) is 4.40. The minimum absolute atomic E-state index is 0.0843. The molecule has 0 unspecified atom stereocenters. The number of benzene rings is 1. The van der Waals surface area contributed by atoms with Crippen molar-refractivity contribution in [1.82, 2.24) is 4.98 Å². The molecule has 1 aromatic heterocycles. The molecule has 1 aliphatic rings. The molecule has 1 heterocycles. The largest absolute Gasteiger partial charge is 0.494 e. The maximum Gasteiger partial charge on any atom is 0.278 e. The molecule has 1 aliphatic carbocycles. The van der Waals surface area contributed by atoms with E-state index < -0.39 is 0 Å². The summed E-state index contributed by atoms with van der Waals surface area (Å²) in [6, 6.07) is 3.67. The Morgan fingerprint density at radius 3 is 2.75 bits per heavy atom.